The summed E-state index contributed by atoms with van der Waals surface area (Å²) in [6.45, 7) is 0.831. The van der Waals surface area contributed by atoms with Crippen LogP contribution in [0.25, 0.3) is 0 Å². The summed E-state index contributed by atoms with van der Waals surface area (Å²) >= 11 is 6.05. The molecule has 29 heavy (non-hydrogen) atoms. The summed E-state index contributed by atoms with van der Waals surface area (Å²) in [6, 6.07) is 7.44. The Kier molecular flexibility index (Phi) is 6.50. The van der Waals surface area contributed by atoms with Crippen LogP contribution in [0.2, 0.25) is 0 Å². The molecule has 3 N–H and O–H groups in total. The molecule has 0 atom stereocenters. The zero-order valence-electron chi connectivity index (χ0n) is 16.4. The van der Waals surface area contributed by atoms with E-state index >= 15 is 0 Å². The van der Waals surface area contributed by atoms with Crippen molar-refractivity contribution < 1.29 is 9.47 Å². The van der Waals surface area contributed by atoms with E-state index in [9.17, 15) is 0 Å². The molecule has 0 aliphatic carbocycles. The Morgan fingerprint density at radius 1 is 1.21 bits per heavy atom. The highest BCUT2D eigenvalue weighted by atomic mass is 35.5. The van der Waals surface area contributed by atoms with Crippen molar-refractivity contribution in [2.24, 2.45) is 17.1 Å². The Morgan fingerprint density at radius 2 is 2.03 bits per heavy atom. The number of aliphatic imine (C=N–C) groups is 1. The van der Waals surface area contributed by atoms with Gasteiger partial charge in [0.2, 0.25) is 0 Å². The van der Waals surface area contributed by atoms with Crippen molar-refractivity contribution in [3.05, 3.63) is 53.0 Å². The van der Waals surface area contributed by atoms with Crippen LogP contribution in [0.15, 0.2) is 51.8 Å². The average Bonchev–Trinajstić information content (AvgIpc) is 3.12. The van der Waals surface area contributed by atoms with E-state index in [-0.39, 0.29) is 10.9 Å². The van der Waals surface area contributed by atoms with E-state index in [4.69, 9.17) is 26.5 Å². The number of aromatic nitrogens is 2. The summed E-state index contributed by atoms with van der Waals surface area (Å²) in [4.78, 5) is 4.28. The quantitative estimate of drug-likeness (QED) is 0.474. The molecule has 1 aromatic heterocycles. The molecule has 10 heteroatoms. The van der Waals surface area contributed by atoms with E-state index in [0.29, 0.717) is 36.1 Å². The molecule has 0 bridgehead atoms. The van der Waals surface area contributed by atoms with E-state index in [1.807, 2.05) is 31.4 Å². The Morgan fingerprint density at radius 3 is 2.72 bits per heavy atom. The highest BCUT2D eigenvalue weighted by Crippen LogP contribution is 2.24. The minimum Gasteiger partial charge on any atom is -0.497 e. The van der Waals surface area contributed by atoms with Crippen LogP contribution < -0.4 is 20.2 Å². The minimum atomic E-state index is 0.155. The van der Waals surface area contributed by atoms with Crippen LogP contribution in [-0.2, 0) is 20.1 Å². The summed E-state index contributed by atoms with van der Waals surface area (Å²) in [5.41, 5.74) is 5.18. The molecule has 0 unspecified atom stereocenters. The first-order valence-corrected chi connectivity index (χ1v) is 9.17. The third-order valence-electron chi connectivity index (χ3n) is 4.12. The fourth-order valence-electron chi connectivity index (χ4n) is 2.68. The summed E-state index contributed by atoms with van der Waals surface area (Å²) in [5, 5.41) is 20.2. The lowest BCUT2D eigenvalue weighted by molar-refractivity contribution is 0.390. The molecule has 0 radical (unpaired) electrons. The fourth-order valence-corrected chi connectivity index (χ4v) is 2.87. The first-order valence-electron chi connectivity index (χ1n) is 8.79. The molecule has 3 rings (SSSR count). The predicted molar refractivity (Wildman–Crippen MR) is 113 cm³/mol. The Bertz CT molecular complexity index is 994. The van der Waals surface area contributed by atoms with Gasteiger partial charge in [0, 0.05) is 37.5 Å². The maximum Gasteiger partial charge on any atom is 0.158 e. The van der Waals surface area contributed by atoms with Crippen molar-refractivity contribution in [1.29, 1.82) is 5.41 Å². The molecule has 1 aliphatic rings. The summed E-state index contributed by atoms with van der Waals surface area (Å²) in [6.07, 6.45) is 3.30. The standard InChI is InChI=1S/C19H22ClN7O2/c1-27-7-6-13(26-27)11-23-25-18-15(21)9-17(20)24-19(18)22-10-12-4-5-14(28-2)8-16(12)29-3/h4-9,21,23H,10-11H2,1-3H3,(H,22,24)/b21-15?,25-18+. The number of benzene rings is 1. The topological polar surface area (TPSA) is 109 Å². The lowest BCUT2D eigenvalue weighted by atomic mass is 10.1. The van der Waals surface area contributed by atoms with E-state index in [0.717, 1.165) is 11.3 Å². The Hall–Kier alpha value is -3.33. The van der Waals surface area contributed by atoms with Crippen molar-refractivity contribution in [2.75, 3.05) is 14.2 Å². The summed E-state index contributed by atoms with van der Waals surface area (Å²) in [7, 11) is 5.05. The smallest absolute Gasteiger partial charge is 0.158 e. The van der Waals surface area contributed by atoms with Crippen LogP contribution in [0.3, 0.4) is 0 Å². The van der Waals surface area contributed by atoms with Gasteiger partial charge >= 0.3 is 0 Å². The molecule has 0 saturated carbocycles. The zero-order chi connectivity index (χ0) is 20.8. The van der Waals surface area contributed by atoms with Crippen molar-refractivity contribution in [2.45, 2.75) is 13.1 Å². The number of aryl methyl sites for hydroxylation is 1. The number of amidine groups is 1. The molecule has 2 aromatic rings. The van der Waals surface area contributed by atoms with E-state index in [2.05, 4.69) is 25.9 Å². The third kappa shape index (κ3) is 5.14. The van der Waals surface area contributed by atoms with Crippen LogP contribution >= 0.6 is 11.6 Å². The molecule has 0 fully saturated rings. The molecular weight excluding hydrogens is 394 g/mol. The zero-order valence-corrected chi connectivity index (χ0v) is 17.1. The lowest BCUT2D eigenvalue weighted by Crippen LogP contribution is -2.38. The van der Waals surface area contributed by atoms with Crippen molar-refractivity contribution >= 4 is 28.9 Å². The van der Waals surface area contributed by atoms with Gasteiger partial charge in [0.1, 0.15) is 16.7 Å². The largest absolute Gasteiger partial charge is 0.497 e. The molecule has 0 amide bonds. The van der Waals surface area contributed by atoms with E-state index < -0.39 is 0 Å². The maximum absolute atomic E-state index is 8.20. The number of rotatable bonds is 7. The number of nitrogens with one attached hydrogen (secondary N) is 3. The first-order chi connectivity index (χ1) is 14.0. The lowest BCUT2D eigenvalue weighted by Gasteiger charge is -2.17. The summed E-state index contributed by atoms with van der Waals surface area (Å²) < 4.78 is 12.4. The second kappa shape index (κ2) is 9.24. The van der Waals surface area contributed by atoms with Crippen molar-refractivity contribution in [3.8, 4) is 11.5 Å². The minimum absolute atomic E-state index is 0.155. The average molecular weight is 416 g/mol. The molecule has 152 valence electrons. The van der Waals surface area contributed by atoms with Gasteiger partial charge in [-0.3, -0.25) is 10.1 Å². The van der Waals surface area contributed by atoms with Gasteiger partial charge in [-0.2, -0.15) is 10.2 Å². The third-order valence-corrected chi connectivity index (χ3v) is 4.32. The van der Waals surface area contributed by atoms with Gasteiger partial charge in [-0.15, -0.1) is 0 Å². The number of nitrogens with zero attached hydrogens (tertiary/aromatic N) is 4. The number of methoxy groups -OCH3 is 2. The van der Waals surface area contributed by atoms with Crippen LogP contribution in [0, 0.1) is 5.41 Å². The van der Waals surface area contributed by atoms with Crippen molar-refractivity contribution in [3.63, 3.8) is 0 Å². The normalized spacial score (nSPS) is 15.0. The van der Waals surface area contributed by atoms with Crippen LogP contribution in [0.1, 0.15) is 11.3 Å². The van der Waals surface area contributed by atoms with Gasteiger partial charge in [0.05, 0.1) is 32.2 Å². The van der Waals surface area contributed by atoms with Crippen molar-refractivity contribution in [1.82, 2.24) is 20.5 Å². The maximum atomic E-state index is 8.20. The van der Waals surface area contributed by atoms with Gasteiger partial charge in [0.25, 0.3) is 0 Å². The molecule has 0 saturated heterocycles. The van der Waals surface area contributed by atoms with Gasteiger partial charge < -0.3 is 20.2 Å². The molecule has 0 spiro atoms. The highest BCUT2D eigenvalue weighted by Gasteiger charge is 2.20. The Balaban J connectivity index is 1.73. The molecule has 1 aliphatic heterocycles. The second-order valence-electron chi connectivity index (χ2n) is 6.15. The number of allylic oxidation sites excluding steroid dienone is 1. The summed E-state index contributed by atoms with van der Waals surface area (Å²) in [5.74, 6) is 1.78. The number of hydrazone groups is 1. The van der Waals surface area contributed by atoms with Gasteiger partial charge in [0.15, 0.2) is 11.5 Å². The van der Waals surface area contributed by atoms with E-state index in [1.165, 1.54) is 6.08 Å². The van der Waals surface area contributed by atoms with E-state index in [1.54, 1.807) is 25.0 Å². The molecule has 2 heterocycles. The number of hydrogen-bond acceptors (Lipinski definition) is 8. The van der Waals surface area contributed by atoms with Gasteiger partial charge in [-0.05, 0) is 18.2 Å². The monoisotopic (exact) mass is 415 g/mol. The SMILES string of the molecule is COc1ccc(CNC2=NC(Cl)=CC(=N)/C2=N\NCc2ccn(C)n2)c(OC)c1. The predicted octanol–water partition coefficient (Wildman–Crippen LogP) is 2.18. The van der Waals surface area contributed by atoms with Gasteiger partial charge in [-0.25, -0.2) is 4.99 Å². The molecule has 1 aromatic carbocycles. The second-order valence-corrected chi connectivity index (χ2v) is 6.54. The fraction of sp³-hybridized carbons (Fsp3) is 0.263. The number of hydrogen-bond donors (Lipinski definition) is 3. The van der Waals surface area contributed by atoms with Crippen LogP contribution in [0.4, 0.5) is 0 Å². The molecular formula is C19H22ClN7O2. The highest BCUT2D eigenvalue weighted by molar-refractivity contribution is 6.71. The Labute approximate surface area is 173 Å². The first kappa shape index (κ1) is 20.4. The van der Waals surface area contributed by atoms with Gasteiger partial charge in [-0.1, -0.05) is 11.6 Å². The molecule has 9 nitrogen and oxygen atoms in total. The number of ether oxygens (including phenoxy) is 2. The van der Waals surface area contributed by atoms with Crippen LogP contribution in [0.5, 0.6) is 11.5 Å². The number of halogens is 1. The van der Waals surface area contributed by atoms with Crippen LogP contribution in [-0.4, -0.2) is 41.3 Å².